The summed E-state index contributed by atoms with van der Waals surface area (Å²) in [6, 6.07) is 16.8. The van der Waals surface area contributed by atoms with E-state index >= 15 is 0 Å². The molecule has 0 aliphatic heterocycles. The second-order valence-corrected chi connectivity index (χ2v) is 5.87. The molecule has 0 N–H and O–H groups in total. The summed E-state index contributed by atoms with van der Waals surface area (Å²) in [7, 11) is 0. The Hall–Kier alpha value is -2.62. The monoisotopic (exact) mass is 340 g/mol. The summed E-state index contributed by atoms with van der Waals surface area (Å²) in [6.45, 7) is 5.80. The van der Waals surface area contributed by atoms with Gasteiger partial charge in [0, 0.05) is 6.42 Å². The number of benzene rings is 2. The molecule has 0 saturated carbocycles. The van der Waals surface area contributed by atoms with Crippen molar-refractivity contribution < 1.29 is 19.1 Å². The van der Waals surface area contributed by atoms with E-state index in [2.05, 4.69) is 0 Å². The highest BCUT2D eigenvalue weighted by atomic mass is 16.6. The van der Waals surface area contributed by atoms with Crippen LogP contribution in [0.5, 0.6) is 0 Å². The molecule has 2 aromatic carbocycles. The van der Waals surface area contributed by atoms with E-state index in [4.69, 9.17) is 9.47 Å². The molecule has 0 atom stereocenters. The van der Waals surface area contributed by atoms with Crippen LogP contribution in [0.2, 0.25) is 0 Å². The maximum atomic E-state index is 12.9. The Morgan fingerprint density at radius 3 is 1.84 bits per heavy atom. The number of esters is 2. The summed E-state index contributed by atoms with van der Waals surface area (Å²) in [6.07, 6.45) is 0.189. The molecule has 2 rings (SSSR count). The molecule has 4 nitrogen and oxygen atoms in total. The molecular formula is C21H24O4. The predicted octanol–water partition coefficient (Wildman–Crippen LogP) is 3.60. The van der Waals surface area contributed by atoms with Crippen molar-refractivity contribution in [3.05, 3.63) is 71.3 Å². The minimum atomic E-state index is -1.51. The second-order valence-electron chi connectivity index (χ2n) is 5.87. The highest BCUT2D eigenvalue weighted by Gasteiger charge is 2.50. The van der Waals surface area contributed by atoms with Gasteiger partial charge >= 0.3 is 11.9 Å². The van der Waals surface area contributed by atoms with Gasteiger partial charge in [0.1, 0.15) is 0 Å². The first-order chi connectivity index (χ1) is 12.0. The van der Waals surface area contributed by atoms with E-state index in [1.165, 1.54) is 0 Å². The van der Waals surface area contributed by atoms with Crippen molar-refractivity contribution in [2.24, 2.45) is 0 Å². The van der Waals surface area contributed by atoms with Gasteiger partial charge in [-0.15, -0.1) is 0 Å². The van der Waals surface area contributed by atoms with Crippen molar-refractivity contribution in [1.82, 2.24) is 0 Å². The number of ether oxygens (including phenoxy) is 2. The lowest BCUT2D eigenvalue weighted by atomic mass is 9.75. The van der Waals surface area contributed by atoms with Gasteiger partial charge in [0.2, 0.25) is 0 Å². The van der Waals surface area contributed by atoms with Crippen LogP contribution in [0.3, 0.4) is 0 Å². The van der Waals surface area contributed by atoms with Gasteiger partial charge in [-0.2, -0.15) is 0 Å². The van der Waals surface area contributed by atoms with E-state index in [9.17, 15) is 9.59 Å². The first-order valence-electron chi connectivity index (χ1n) is 8.50. The Balaban J connectivity index is 2.61. The highest BCUT2D eigenvalue weighted by Crippen LogP contribution is 2.32. The molecule has 0 aliphatic rings. The van der Waals surface area contributed by atoms with Gasteiger partial charge in [-0.3, -0.25) is 9.59 Å². The van der Waals surface area contributed by atoms with Crippen LogP contribution in [0.1, 0.15) is 30.5 Å². The first kappa shape index (κ1) is 18.7. The summed E-state index contributed by atoms with van der Waals surface area (Å²) in [5, 5.41) is 0. The lowest BCUT2D eigenvalue weighted by molar-refractivity contribution is -0.164. The molecule has 0 fully saturated rings. The Labute approximate surface area is 148 Å². The molecule has 0 heterocycles. The lowest BCUT2D eigenvalue weighted by Crippen LogP contribution is -2.48. The highest BCUT2D eigenvalue weighted by molar-refractivity contribution is 6.06. The third kappa shape index (κ3) is 4.08. The Morgan fingerprint density at radius 1 is 0.840 bits per heavy atom. The van der Waals surface area contributed by atoms with E-state index in [1.54, 1.807) is 26.0 Å². The van der Waals surface area contributed by atoms with Crippen LogP contribution in [0, 0.1) is 6.92 Å². The molecule has 2 aromatic rings. The molecular weight excluding hydrogens is 316 g/mol. The van der Waals surface area contributed by atoms with Crippen molar-refractivity contribution in [2.45, 2.75) is 32.6 Å². The summed E-state index contributed by atoms with van der Waals surface area (Å²) in [4.78, 5) is 25.9. The number of hydrogen-bond acceptors (Lipinski definition) is 4. The van der Waals surface area contributed by atoms with Gasteiger partial charge in [0.15, 0.2) is 5.41 Å². The first-order valence-corrected chi connectivity index (χ1v) is 8.50. The zero-order valence-corrected chi connectivity index (χ0v) is 15.0. The van der Waals surface area contributed by atoms with Crippen LogP contribution in [0.25, 0.3) is 0 Å². The fourth-order valence-corrected chi connectivity index (χ4v) is 2.81. The van der Waals surface area contributed by atoms with Gasteiger partial charge in [-0.05, 0) is 31.9 Å². The van der Waals surface area contributed by atoms with Gasteiger partial charge in [0.25, 0.3) is 0 Å². The van der Waals surface area contributed by atoms with E-state index in [-0.39, 0.29) is 19.6 Å². The quantitative estimate of drug-likeness (QED) is 0.571. The molecule has 0 aliphatic carbocycles. The second kappa shape index (κ2) is 8.47. The fourth-order valence-electron chi connectivity index (χ4n) is 2.81. The van der Waals surface area contributed by atoms with Crippen LogP contribution in [0.15, 0.2) is 54.6 Å². The molecule has 4 heteroatoms. The van der Waals surface area contributed by atoms with Crippen molar-refractivity contribution in [3.8, 4) is 0 Å². The topological polar surface area (TPSA) is 52.6 Å². The molecule has 0 radical (unpaired) electrons. The van der Waals surface area contributed by atoms with Crippen molar-refractivity contribution in [2.75, 3.05) is 13.2 Å². The van der Waals surface area contributed by atoms with Crippen LogP contribution in [-0.2, 0) is 30.9 Å². The summed E-state index contributed by atoms with van der Waals surface area (Å²) < 4.78 is 10.6. The van der Waals surface area contributed by atoms with E-state index in [0.29, 0.717) is 5.56 Å². The van der Waals surface area contributed by atoms with Crippen molar-refractivity contribution in [3.63, 3.8) is 0 Å². The van der Waals surface area contributed by atoms with Crippen LogP contribution in [-0.4, -0.2) is 25.2 Å². The molecule has 132 valence electrons. The minimum absolute atomic E-state index is 0.189. The van der Waals surface area contributed by atoms with Gasteiger partial charge in [-0.1, -0.05) is 60.2 Å². The van der Waals surface area contributed by atoms with Gasteiger partial charge < -0.3 is 9.47 Å². The number of carbonyl (C=O) groups is 2. The minimum Gasteiger partial charge on any atom is -0.465 e. The van der Waals surface area contributed by atoms with Gasteiger partial charge in [-0.25, -0.2) is 0 Å². The normalized spacial score (nSPS) is 11.0. The van der Waals surface area contributed by atoms with Gasteiger partial charge in [0.05, 0.1) is 13.2 Å². The maximum Gasteiger partial charge on any atom is 0.328 e. The van der Waals surface area contributed by atoms with E-state index in [1.807, 2.05) is 49.4 Å². The molecule has 0 amide bonds. The molecule has 25 heavy (non-hydrogen) atoms. The zero-order chi connectivity index (χ0) is 18.3. The summed E-state index contributed by atoms with van der Waals surface area (Å²) in [5.41, 5.74) is 0.981. The molecule has 0 aromatic heterocycles. The Kier molecular flexibility index (Phi) is 6.34. The summed E-state index contributed by atoms with van der Waals surface area (Å²) >= 11 is 0. The molecule has 0 spiro atoms. The van der Waals surface area contributed by atoms with Crippen molar-refractivity contribution >= 4 is 11.9 Å². The van der Waals surface area contributed by atoms with E-state index < -0.39 is 17.4 Å². The standard InChI is InChI=1S/C21H24O4/c1-4-24-19(22)21(20(23)25-5-2,15-17-9-7-6-8-10-17)18-13-11-16(3)12-14-18/h6-14H,4-5,15H2,1-3H3. The fraction of sp³-hybridized carbons (Fsp3) is 0.333. The zero-order valence-electron chi connectivity index (χ0n) is 15.0. The lowest BCUT2D eigenvalue weighted by Gasteiger charge is -2.30. The van der Waals surface area contributed by atoms with E-state index in [0.717, 1.165) is 11.1 Å². The SMILES string of the molecule is CCOC(=O)C(Cc1ccccc1)(C(=O)OCC)c1ccc(C)cc1. The third-order valence-corrected chi connectivity index (χ3v) is 4.10. The average molecular weight is 340 g/mol. The number of rotatable bonds is 7. The van der Waals surface area contributed by atoms with Crippen LogP contribution >= 0.6 is 0 Å². The maximum absolute atomic E-state index is 12.9. The molecule has 0 bridgehead atoms. The Morgan fingerprint density at radius 2 is 1.36 bits per heavy atom. The average Bonchev–Trinajstić information content (AvgIpc) is 2.61. The number of carbonyl (C=O) groups excluding carboxylic acids is 2. The smallest absolute Gasteiger partial charge is 0.328 e. The summed E-state index contributed by atoms with van der Waals surface area (Å²) in [5.74, 6) is -1.16. The molecule has 0 unspecified atom stereocenters. The van der Waals surface area contributed by atoms with Crippen LogP contribution in [0.4, 0.5) is 0 Å². The predicted molar refractivity (Wildman–Crippen MR) is 96.3 cm³/mol. The van der Waals surface area contributed by atoms with Crippen molar-refractivity contribution in [1.29, 1.82) is 0 Å². The Bertz CT molecular complexity index is 686. The largest absolute Gasteiger partial charge is 0.465 e. The number of aryl methyl sites for hydroxylation is 1. The van der Waals surface area contributed by atoms with Crippen LogP contribution < -0.4 is 0 Å². The molecule has 0 saturated heterocycles. The number of hydrogen-bond donors (Lipinski definition) is 0. The third-order valence-electron chi connectivity index (χ3n) is 4.10.